The second-order valence-corrected chi connectivity index (χ2v) is 5.67. The molecule has 0 spiro atoms. The van der Waals surface area contributed by atoms with Crippen molar-refractivity contribution in [1.29, 1.82) is 0 Å². The molecule has 0 saturated carbocycles. The summed E-state index contributed by atoms with van der Waals surface area (Å²) >= 11 is 0. The number of likely N-dealkylation sites (N-methyl/N-ethyl adjacent to an activating group) is 1. The van der Waals surface area contributed by atoms with Gasteiger partial charge in [-0.25, -0.2) is 8.42 Å². The number of nitrogens with one attached hydrogen (secondary N) is 1. The predicted octanol–water partition coefficient (Wildman–Crippen LogP) is -0.608. The Hall–Kier alpha value is -0.130. The van der Waals surface area contributed by atoms with Gasteiger partial charge in [0.15, 0.2) is 0 Å². The van der Waals surface area contributed by atoms with E-state index < -0.39 is 15.4 Å². The van der Waals surface area contributed by atoms with Crippen LogP contribution in [0.2, 0.25) is 0 Å². The van der Waals surface area contributed by atoms with Gasteiger partial charge >= 0.3 is 0 Å². The van der Waals surface area contributed by atoms with Gasteiger partial charge in [-0.2, -0.15) is 0 Å². The van der Waals surface area contributed by atoms with Gasteiger partial charge in [0.1, 0.15) is 9.84 Å². The number of rotatable bonds is 5. The minimum atomic E-state index is -2.96. The maximum Gasteiger partial charge on any atom is 0.147 e. The third-order valence-corrected chi connectivity index (χ3v) is 2.51. The fourth-order valence-electron chi connectivity index (χ4n) is 0.874. The average molecular weight is 195 g/mol. The Morgan fingerprint density at radius 3 is 2.33 bits per heavy atom. The van der Waals surface area contributed by atoms with Gasteiger partial charge in [-0.1, -0.05) is 0 Å². The van der Waals surface area contributed by atoms with E-state index in [0.717, 1.165) is 0 Å². The first-order valence-electron chi connectivity index (χ1n) is 3.81. The SMILES string of the molecule is CNCC(C)(O)CCS(C)(=O)=O. The van der Waals surface area contributed by atoms with Crippen LogP contribution in [0.4, 0.5) is 0 Å². The zero-order valence-electron chi connectivity index (χ0n) is 7.79. The molecule has 0 amide bonds. The third kappa shape index (κ3) is 6.57. The third-order valence-electron chi connectivity index (χ3n) is 1.57. The van der Waals surface area contributed by atoms with Crippen molar-refractivity contribution in [3.63, 3.8) is 0 Å². The quantitative estimate of drug-likeness (QED) is 0.614. The van der Waals surface area contributed by atoms with Gasteiger partial charge in [0.2, 0.25) is 0 Å². The molecule has 1 unspecified atom stereocenters. The number of sulfone groups is 1. The van der Waals surface area contributed by atoms with Gasteiger partial charge in [0.05, 0.1) is 11.4 Å². The lowest BCUT2D eigenvalue weighted by molar-refractivity contribution is 0.0587. The highest BCUT2D eigenvalue weighted by Gasteiger charge is 2.20. The first kappa shape index (κ1) is 11.9. The van der Waals surface area contributed by atoms with Crippen LogP contribution in [-0.2, 0) is 9.84 Å². The second-order valence-electron chi connectivity index (χ2n) is 3.41. The van der Waals surface area contributed by atoms with E-state index in [1.807, 2.05) is 0 Å². The summed E-state index contributed by atoms with van der Waals surface area (Å²) in [5.41, 5.74) is -0.933. The van der Waals surface area contributed by atoms with E-state index in [-0.39, 0.29) is 12.2 Å². The van der Waals surface area contributed by atoms with Gasteiger partial charge < -0.3 is 10.4 Å². The fraction of sp³-hybridized carbons (Fsp3) is 1.00. The molecular formula is C7H17NO3S. The molecule has 0 bridgehead atoms. The predicted molar refractivity (Wildman–Crippen MR) is 48.9 cm³/mol. The van der Waals surface area contributed by atoms with E-state index in [4.69, 9.17) is 0 Å². The summed E-state index contributed by atoms with van der Waals surface area (Å²) < 4.78 is 21.5. The summed E-state index contributed by atoms with van der Waals surface area (Å²) in [5, 5.41) is 12.4. The monoisotopic (exact) mass is 195 g/mol. The Balaban J connectivity index is 3.92. The molecular weight excluding hydrogens is 178 g/mol. The molecule has 0 aromatic carbocycles. The zero-order valence-corrected chi connectivity index (χ0v) is 8.61. The molecule has 0 aromatic heterocycles. The van der Waals surface area contributed by atoms with E-state index in [1.54, 1.807) is 14.0 Å². The van der Waals surface area contributed by atoms with Crippen molar-refractivity contribution >= 4 is 9.84 Å². The molecule has 0 saturated heterocycles. The van der Waals surface area contributed by atoms with E-state index in [0.29, 0.717) is 6.54 Å². The Kier molecular flexibility index (Phi) is 4.16. The normalized spacial score (nSPS) is 17.3. The van der Waals surface area contributed by atoms with Gasteiger partial charge in [-0.05, 0) is 20.4 Å². The minimum Gasteiger partial charge on any atom is -0.389 e. The minimum absolute atomic E-state index is 0.0294. The molecule has 0 aromatic rings. The van der Waals surface area contributed by atoms with Crippen molar-refractivity contribution < 1.29 is 13.5 Å². The van der Waals surface area contributed by atoms with Crippen molar-refractivity contribution in [2.24, 2.45) is 0 Å². The molecule has 12 heavy (non-hydrogen) atoms. The molecule has 2 N–H and O–H groups in total. The molecule has 4 nitrogen and oxygen atoms in total. The van der Waals surface area contributed by atoms with Crippen LogP contribution in [0, 0.1) is 0 Å². The Morgan fingerprint density at radius 2 is 2.00 bits per heavy atom. The Bertz CT molecular complexity index is 221. The van der Waals surface area contributed by atoms with Crippen molar-refractivity contribution in [2.45, 2.75) is 18.9 Å². The Morgan fingerprint density at radius 1 is 1.50 bits per heavy atom. The topological polar surface area (TPSA) is 66.4 Å². The van der Waals surface area contributed by atoms with Gasteiger partial charge in [0, 0.05) is 12.8 Å². The molecule has 0 fully saturated rings. The smallest absolute Gasteiger partial charge is 0.147 e. The van der Waals surface area contributed by atoms with Crippen LogP contribution in [0.25, 0.3) is 0 Å². The molecule has 0 aliphatic carbocycles. The van der Waals surface area contributed by atoms with Crippen LogP contribution in [0.3, 0.4) is 0 Å². The molecule has 5 heteroatoms. The second kappa shape index (κ2) is 4.20. The highest BCUT2D eigenvalue weighted by atomic mass is 32.2. The first-order chi connectivity index (χ1) is 5.27. The van der Waals surface area contributed by atoms with Crippen LogP contribution < -0.4 is 5.32 Å². The molecule has 0 aliphatic heterocycles. The summed E-state index contributed by atoms with van der Waals surface area (Å²) in [6.45, 7) is 2.02. The van der Waals surface area contributed by atoms with Crippen molar-refractivity contribution in [1.82, 2.24) is 5.32 Å². The standard InChI is InChI=1S/C7H17NO3S/c1-7(9,6-8-2)4-5-12(3,10)11/h8-9H,4-6H2,1-3H3. The summed E-state index contributed by atoms with van der Waals surface area (Å²) in [5.74, 6) is 0.0294. The van der Waals surface area contributed by atoms with Crippen LogP contribution in [0.5, 0.6) is 0 Å². The van der Waals surface area contributed by atoms with Crippen LogP contribution in [0.15, 0.2) is 0 Å². The van der Waals surface area contributed by atoms with Gasteiger partial charge in [-0.3, -0.25) is 0 Å². The lowest BCUT2D eigenvalue weighted by Gasteiger charge is -2.21. The van der Waals surface area contributed by atoms with Crippen LogP contribution >= 0.6 is 0 Å². The molecule has 1 atom stereocenters. The lowest BCUT2D eigenvalue weighted by atomic mass is 10.0. The van der Waals surface area contributed by atoms with Crippen molar-refractivity contribution in [2.75, 3.05) is 25.6 Å². The summed E-state index contributed by atoms with van der Waals surface area (Å²) in [6.07, 6.45) is 1.44. The lowest BCUT2D eigenvalue weighted by Crippen LogP contribution is -2.37. The maximum atomic E-state index is 10.8. The fourth-order valence-corrected chi connectivity index (χ4v) is 1.69. The molecule has 0 aliphatic rings. The van der Waals surface area contributed by atoms with E-state index >= 15 is 0 Å². The highest BCUT2D eigenvalue weighted by Crippen LogP contribution is 2.08. The van der Waals surface area contributed by atoms with E-state index in [1.165, 1.54) is 6.26 Å². The maximum absolute atomic E-state index is 10.8. The number of hydrogen-bond donors (Lipinski definition) is 2. The van der Waals surface area contributed by atoms with Crippen LogP contribution in [-0.4, -0.2) is 44.7 Å². The average Bonchev–Trinajstić information content (AvgIpc) is 1.83. The number of aliphatic hydroxyl groups is 1. The Labute approximate surface area is 73.9 Å². The van der Waals surface area contributed by atoms with E-state index in [2.05, 4.69) is 5.32 Å². The molecule has 0 rings (SSSR count). The molecule has 0 radical (unpaired) electrons. The van der Waals surface area contributed by atoms with Crippen molar-refractivity contribution in [3.05, 3.63) is 0 Å². The summed E-state index contributed by atoms with van der Waals surface area (Å²) in [4.78, 5) is 0. The van der Waals surface area contributed by atoms with Gasteiger partial charge in [0.25, 0.3) is 0 Å². The highest BCUT2D eigenvalue weighted by molar-refractivity contribution is 7.90. The van der Waals surface area contributed by atoms with Crippen LogP contribution in [0.1, 0.15) is 13.3 Å². The zero-order chi connectivity index (χ0) is 9.83. The summed E-state index contributed by atoms with van der Waals surface area (Å²) in [7, 11) is -1.25. The largest absolute Gasteiger partial charge is 0.389 e. The number of hydrogen-bond acceptors (Lipinski definition) is 4. The summed E-state index contributed by atoms with van der Waals surface area (Å²) in [6, 6.07) is 0. The van der Waals surface area contributed by atoms with E-state index in [9.17, 15) is 13.5 Å². The first-order valence-corrected chi connectivity index (χ1v) is 5.88. The molecule has 74 valence electrons. The van der Waals surface area contributed by atoms with Crippen molar-refractivity contribution in [3.8, 4) is 0 Å². The van der Waals surface area contributed by atoms with Gasteiger partial charge in [-0.15, -0.1) is 0 Å². The molecule has 0 heterocycles.